The fraction of sp³-hybridized carbons (Fsp3) is 0.241. The molecular formula is C29H29FN4S. The Bertz CT molecular complexity index is 1410. The molecule has 4 aromatic rings. The van der Waals surface area contributed by atoms with E-state index in [0.29, 0.717) is 10.7 Å². The fourth-order valence-electron chi connectivity index (χ4n) is 5.32. The van der Waals surface area contributed by atoms with Crippen molar-refractivity contribution in [3.63, 3.8) is 0 Å². The van der Waals surface area contributed by atoms with Crippen LogP contribution in [0.25, 0.3) is 5.69 Å². The van der Waals surface area contributed by atoms with Gasteiger partial charge in [0.2, 0.25) is 0 Å². The van der Waals surface area contributed by atoms with E-state index < -0.39 is 0 Å². The number of thiocarbonyl (C=S) groups is 1. The Morgan fingerprint density at radius 3 is 2.29 bits per heavy atom. The summed E-state index contributed by atoms with van der Waals surface area (Å²) >= 11 is 5.86. The normalized spacial score (nSPS) is 17.7. The summed E-state index contributed by atoms with van der Waals surface area (Å²) in [5.74, 6) is -0.224. The van der Waals surface area contributed by atoms with E-state index in [1.165, 1.54) is 22.9 Å². The molecule has 3 heterocycles. The number of pyridine rings is 1. The maximum Gasteiger partial charge on any atom is 0.174 e. The van der Waals surface area contributed by atoms with Crippen LogP contribution < -0.4 is 10.2 Å². The van der Waals surface area contributed by atoms with E-state index in [1.54, 1.807) is 13.0 Å². The molecule has 2 aromatic heterocycles. The number of nitrogens with one attached hydrogen (secondary N) is 1. The highest BCUT2D eigenvalue weighted by Crippen LogP contribution is 2.44. The van der Waals surface area contributed by atoms with Crippen molar-refractivity contribution in [3.8, 4) is 5.69 Å². The third-order valence-electron chi connectivity index (χ3n) is 6.97. The summed E-state index contributed by atoms with van der Waals surface area (Å²) in [5.41, 5.74) is 9.50. The highest BCUT2D eigenvalue weighted by molar-refractivity contribution is 7.80. The van der Waals surface area contributed by atoms with Crippen molar-refractivity contribution in [2.45, 2.75) is 46.7 Å². The van der Waals surface area contributed by atoms with Crippen molar-refractivity contribution >= 4 is 23.0 Å². The summed E-state index contributed by atoms with van der Waals surface area (Å²) in [6, 6.07) is 19.5. The van der Waals surface area contributed by atoms with E-state index in [4.69, 9.17) is 12.2 Å². The Kier molecular flexibility index (Phi) is 5.93. The van der Waals surface area contributed by atoms with Crippen LogP contribution in [0.15, 0.2) is 66.9 Å². The minimum Gasteiger partial charge on any atom is -0.351 e. The average molecular weight is 485 g/mol. The molecule has 2 aromatic carbocycles. The Labute approximate surface area is 211 Å². The number of hydrogen-bond donors (Lipinski definition) is 1. The average Bonchev–Trinajstić information content (AvgIpc) is 3.32. The van der Waals surface area contributed by atoms with Crippen LogP contribution in [0.5, 0.6) is 0 Å². The molecule has 2 atom stereocenters. The molecule has 0 saturated carbocycles. The lowest BCUT2D eigenvalue weighted by Gasteiger charge is -2.28. The molecule has 1 saturated heterocycles. The SMILES string of the molecule is Cc1cc(N2C(=S)N[C@H](c3ccccn3)[C@H]2c2cc(C)n(-c3c(C)cccc3C)c2C)ccc1F. The van der Waals surface area contributed by atoms with Gasteiger partial charge in [-0.05, 0) is 105 Å². The van der Waals surface area contributed by atoms with Crippen LogP contribution in [0, 0.1) is 40.4 Å². The third kappa shape index (κ3) is 3.92. The number of nitrogens with zero attached hydrogens (tertiary/aromatic N) is 3. The van der Waals surface area contributed by atoms with Crippen LogP contribution in [0.4, 0.5) is 10.1 Å². The number of aromatic nitrogens is 2. The molecule has 1 fully saturated rings. The van der Waals surface area contributed by atoms with Crippen LogP contribution in [-0.2, 0) is 0 Å². The van der Waals surface area contributed by atoms with Crippen molar-refractivity contribution < 1.29 is 4.39 Å². The molecule has 6 heteroatoms. The summed E-state index contributed by atoms with van der Waals surface area (Å²) < 4.78 is 16.5. The van der Waals surface area contributed by atoms with Gasteiger partial charge in [0, 0.05) is 23.3 Å². The molecule has 1 aliphatic rings. The largest absolute Gasteiger partial charge is 0.351 e. The Morgan fingerprint density at radius 1 is 0.886 bits per heavy atom. The lowest BCUT2D eigenvalue weighted by Crippen LogP contribution is -2.29. The van der Waals surface area contributed by atoms with E-state index in [9.17, 15) is 4.39 Å². The zero-order valence-corrected chi connectivity index (χ0v) is 21.4. The molecule has 0 bridgehead atoms. The number of rotatable bonds is 4. The van der Waals surface area contributed by atoms with Crippen molar-refractivity contribution in [3.05, 3.63) is 112 Å². The van der Waals surface area contributed by atoms with E-state index in [0.717, 1.165) is 28.3 Å². The summed E-state index contributed by atoms with van der Waals surface area (Å²) in [5, 5.41) is 4.12. The smallest absolute Gasteiger partial charge is 0.174 e. The van der Waals surface area contributed by atoms with E-state index in [2.05, 4.69) is 71.7 Å². The van der Waals surface area contributed by atoms with Crippen molar-refractivity contribution in [1.82, 2.24) is 14.9 Å². The van der Waals surface area contributed by atoms with Gasteiger partial charge in [-0.15, -0.1) is 0 Å². The van der Waals surface area contributed by atoms with Gasteiger partial charge in [0.1, 0.15) is 5.82 Å². The quantitative estimate of drug-likeness (QED) is 0.326. The minimum atomic E-state index is -0.224. The summed E-state index contributed by atoms with van der Waals surface area (Å²) in [4.78, 5) is 6.77. The van der Waals surface area contributed by atoms with Gasteiger partial charge in [-0.25, -0.2) is 4.39 Å². The Balaban J connectivity index is 1.72. The predicted molar refractivity (Wildman–Crippen MR) is 144 cm³/mol. The number of aryl methyl sites for hydroxylation is 4. The number of benzene rings is 2. The maximum absolute atomic E-state index is 14.1. The minimum absolute atomic E-state index is 0.147. The second-order valence-corrected chi connectivity index (χ2v) is 9.72. The lowest BCUT2D eigenvalue weighted by atomic mass is 9.96. The molecule has 0 spiro atoms. The lowest BCUT2D eigenvalue weighted by molar-refractivity contribution is 0.564. The van der Waals surface area contributed by atoms with Gasteiger partial charge in [-0.1, -0.05) is 24.3 Å². The molecule has 1 N–H and O–H groups in total. The first-order valence-electron chi connectivity index (χ1n) is 11.8. The van der Waals surface area contributed by atoms with Crippen LogP contribution in [0.2, 0.25) is 0 Å². The van der Waals surface area contributed by atoms with Gasteiger partial charge in [0.05, 0.1) is 23.5 Å². The van der Waals surface area contributed by atoms with Gasteiger partial charge in [-0.3, -0.25) is 4.98 Å². The number of anilines is 1. The summed E-state index contributed by atoms with van der Waals surface area (Å²) in [6.45, 7) is 10.4. The van der Waals surface area contributed by atoms with Gasteiger partial charge in [0.15, 0.2) is 5.11 Å². The Hall–Kier alpha value is -3.51. The molecule has 0 amide bonds. The standard InChI is InChI=1S/C29H29FN4S/c1-17-9-8-10-18(2)27(17)33-20(4)16-23(21(33)5)28-26(25-11-6-7-14-31-25)32-29(35)34(28)22-12-13-24(30)19(3)15-22/h6-16,26,28H,1-5H3,(H,32,35)/t26-,28-/m1/s1. The zero-order valence-electron chi connectivity index (χ0n) is 20.6. The highest BCUT2D eigenvalue weighted by atomic mass is 32.1. The molecule has 0 aliphatic carbocycles. The highest BCUT2D eigenvalue weighted by Gasteiger charge is 2.42. The number of halogens is 1. The maximum atomic E-state index is 14.1. The van der Waals surface area contributed by atoms with Crippen LogP contribution >= 0.6 is 12.2 Å². The van der Waals surface area contributed by atoms with Crippen LogP contribution in [-0.4, -0.2) is 14.7 Å². The van der Waals surface area contributed by atoms with Gasteiger partial charge in [0.25, 0.3) is 0 Å². The van der Waals surface area contributed by atoms with E-state index >= 15 is 0 Å². The van der Waals surface area contributed by atoms with Gasteiger partial charge < -0.3 is 14.8 Å². The van der Waals surface area contributed by atoms with Crippen LogP contribution in [0.3, 0.4) is 0 Å². The van der Waals surface area contributed by atoms with Crippen molar-refractivity contribution in [1.29, 1.82) is 0 Å². The zero-order chi connectivity index (χ0) is 24.9. The molecule has 0 unspecified atom stereocenters. The van der Waals surface area contributed by atoms with Crippen molar-refractivity contribution in [2.75, 3.05) is 4.90 Å². The van der Waals surface area contributed by atoms with E-state index in [-0.39, 0.29) is 17.9 Å². The van der Waals surface area contributed by atoms with Gasteiger partial charge >= 0.3 is 0 Å². The topological polar surface area (TPSA) is 33.1 Å². The molecule has 35 heavy (non-hydrogen) atoms. The summed E-state index contributed by atoms with van der Waals surface area (Å²) in [6.07, 6.45) is 1.81. The van der Waals surface area contributed by atoms with Gasteiger partial charge in [-0.2, -0.15) is 0 Å². The molecule has 5 rings (SSSR count). The van der Waals surface area contributed by atoms with Crippen LogP contribution in [0.1, 0.15) is 51.4 Å². The monoisotopic (exact) mass is 484 g/mol. The van der Waals surface area contributed by atoms with Crippen molar-refractivity contribution in [2.24, 2.45) is 0 Å². The molecular weight excluding hydrogens is 455 g/mol. The first-order chi connectivity index (χ1) is 16.8. The molecule has 0 radical (unpaired) electrons. The van der Waals surface area contributed by atoms with E-state index in [1.807, 2.05) is 30.5 Å². The first kappa shape index (κ1) is 23.2. The molecule has 1 aliphatic heterocycles. The Morgan fingerprint density at radius 2 is 1.63 bits per heavy atom. The second-order valence-electron chi connectivity index (χ2n) is 9.33. The molecule has 4 nitrogen and oxygen atoms in total. The summed E-state index contributed by atoms with van der Waals surface area (Å²) in [7, 11) is 0. The third-order valence-corrected chi connectivity index (χ3v) is 7.28. The number of para-hydroxylation sites is 1. The fourth-order valence-corrected chi connectivity index (χ4v) is 5.66. The molecule has 178 valence electrons. The predicted octanol–water partition coefficient (Wildman–Crippen LogP) is 6.73. The number of hydrogen-bond acceptors (Lipinski definition) is 2. The first-order valence-corrected chi connectivity index (χ1v) is 12.2. The second kappa shape index (κ2) is 8.93.